The number of carbonyl (C=O) groups excluding carboxylic acids is 1. The van der Waals surface area contributed by atoms with Gasteiger partial charge in [0, 0.05) is 24.7 Å². The summed E-state index contributed by atoms with van der Waals surface area (Å²) in [6, 6.07) is 4.88. The lowest BCUT2D eigenvalue weighted by molar-refractivity contribution is -0.123. The number of amides is 1. The van der Waals surface area contributed by atoms with Crippen molar-refractivity contribution in [3.8, 4) is 17.2 Å². The van der Waals surface area contributed by atoms with Gasteiger partial charge < -0.3 is 25.3 Å². The van der Waals surface area contributed by atoms with Gasteiger partial charge >= 0.3 is 0 Å². The summed E-state index contributed by atoms with van der Waals surface area (Å²) < 4.78 is 16.0. The molecule has 0 fully saturated rings. The van der Waals surface area contributed by atoms with Gasteiger partial charge in [0.05, 0.1) is 26.9 Å². The van der Waals surface area contributed by atoms with Crippen LogP contribution >= 0.6 is 0 Å². The highest BCUT2D eigenvalue weighted by Gasteiger charge is 2.16. The fourth-order valence-corrected chi connectivity index (χ4v) is 1.76. The van der Waals surface area contributed by atoms with Crippen LogP contribution in [-0.2, 0) is 4.79 Å². The number of ether oxygens (including phenoxy) is 3. The molecule has 1 aromatic rings. The molecule has 0 saturated heterocycles. The Kier molecular flexibility index (Phi) is 7.52. The first kappa shape index (κ1) is 18.1. The number of hydrogen-bond acceptors (Lipinski definition) is 5. The van der Waals surface area contributed by atoms with Crippen molar-refractivity contribution in [2.75, 3.05) is 27.4 Å². The average Bonchev–Trinajstić information content (AvgIpc) is 2.52. The highest BCUT2D eigenvalue weighted by atomic mass is 16.5. The van der Waals surface area contributed by atoms with E-state index in [0.29, 0.717) is 36.8 Å². The molecule has 124 valence electrons. The van der Waals surface area contributed by atoms with E-state index >= 15 is 0 Å². The average molecular weight is 310 g/mol. The predicted octanol–water partition coefficient (Wildman–Crippen LogP) is 1.57. The molecule has 6 heteroatoms. The van der Waals surface area contributed by atoms with Crippen LogP contribution in [0.25, 0.3) is 0 Å². The molecule has 3 N–H and O–H groups in total. The SMILES string of the molecule is COc1cc(OC)cc(OCCCNC(=O)[C@@H](N)C(C)C)c1. The molecule has 0 saturated carbocycles. The Bertz CT molecular complexity index is 455. The number of nitrogens with two attached hydrogens (primary N) is 1. The van der Waals surface area contributed by atoms with Gasteiger partial charge in [0.1, 0.15) is 17.2 Å². The van der Waals surface area contributed by atoms with Gasteiger partial charge in [0.15, 0.2) is 0 Å². The topological polar surface area (TPSA) is 82.8 Å². The van der Waals surface area contributed by atoms with Gasteiger partial charge in [0.25, 0.3) is 0 Å². The monoisotopic (exact) mass is 310 g/mol. The molecule has 0 aliphatic rings. The number of methoxy groups -OCH3 is 2. The van der Waals surface area contributed by atoms with Crippen LogP contribution in [0.4, 0.5) is 0 Å². The van der Waals surface area contributed by atoms with Crippen molar-refractivity contribution in [2.24, 2.45) is 11.7 Å². The maximum Gasteiger partial charge on any atom is 0.237 e. The first-order valence-corrected chi connectivity index (χ1v) is 7.37. The molecule has 0 aliphatic heterocycles. The largest absolute Gasteiger partial charge is 0.496 e. The van der Waals surface area contributed by atoms with Gasteiger partial charge in [-0.3, -0.25) is 4.79 Å². The Hall–Kier alpha value is -1.95. The Morgan fingerprint density at radius 2 is 1.68 bits per heavy atom. The minimum absolute atomic E-state index is 0.125. The summed E-state index contributed by atoms with van der Waals surface area (Å²) in [5.41, 5.74) is 5.76. The summed E-state index contributed by atoms with van der Waals surface area (Å²) in [4.78, 5) is 11.7. The molecule has 0 aromatic heterocycles. The van der Waals surface area contributed by atoms with Gasteiger partial charge in [-0.1, -0.05) is 13.8 Å². The van der Waals surface area contributed by atoms with Crippen LogP contribution in [0.3, 0.4) is 0 Å². The van der Waals surface area contributed by atoms with Gasteiger partial charge in [-0.2, -0.15) is 0 Å². The lowest BCUT2D eigenvalue weighted by atomic mass is 10.1. The van der Waals surface area contributed by atoms with Gasteiger partial charge in [-0.15, -0.1) is 0 Å². The van der Waals surface area contributed by atoms with Crippen molar-refractivity contribution in [3.05, 3.63) is 18.2 Å². The highest BCUT2D eigenvalue weighted by Crippen LogP contribution is 2.27. The number of nitrogens with one attached hydrogen (secondary N) is 1. The van der Waals surface area contributed by atoms with E-state index in [2.05, 4.69) is 5.32 Å². The molecular formula is C16H26N2O4. The first-order valence-electron chi connectivity index (χ1n) is 7.37. The molecule has 1 atom stereocenters. The second kappa shape index (κ2) is 9.15. The van der Waals surface area contributed by atoms with Gasteiger partial charge in [0.2, 0.25) is 5.91 Å². The molecule has 0 heterocycles. The Morgan fingerprint density at radius 3 is 2.18 bits per heavy atom. The van der Waals surface area contributed by atoms with E-state index in [1.54, 1.807) is 32.4 Å². The number of rotatable bonds is 9. The fraction of sp³-hybridized carbons (Fsp3) is 0.562. The van der Waals surface area contributed by atoms with Crippen LogP contribution in [0.5, 0.6) is 17.2 Å². The van der Waals surface area contributed by atoms with Crippen molar-refractivity contribution in [3.63, 3.8) is 0 Å². The molecule has 1 rings (SSSR count). The van der Waals surface area contributed by atoms with Crippen molar-refractivity contribution >= 4 is 5.91 Å². The van der Waals surface area contributed by atoms with Crippen molar-refractivity contribution in [1.29, 1.82) is 0 Å². The first-order chi connectivity index (χ1) is 10.5. The maximum absolute atomic E-state index is 11.7. The normalized spacial score (nSPS) is 11.9. The standard InChI is InChI=1S/C16H26N2O4/c1-11(2)15(17)16(19)18-6-5-7-22-14-9-12(20-3)8-13(10-14)21-4/h8-11,15H,5-7,17H2,1-4H3,(H,18,19)/t15-/m0/s1. The van der Waals surface area contributed by atoms with Crippen LogP contribution in [0.15, 0.2) is 18.2 Å². The third-order valence-corrected chi connectivity index (χ3v) is 3.24. The molecular weight excluding hydrogens is 284 g/mol. The molecule has 22 heavy (non-hydrogen) atoms. The second-order valence-electron chi connectivity index (χ2n) is 5.31. The van der Waals surface area contributed by atoms with E-state index in [1.807, 2.05) is 13.8 Å². The molecule has 0 unspecified atom stereocenters. The summed E-state index contributed by atoms with van der Waals surface area (Å²) in [5, 5.41) is 2.80. The molecule has 0 spiro atoms. The Labute approximate surface area is 131 Å². The zero-order chi connectivity index (χ0) is 16.5. The summed E-state index contributed by atoms with van der Waals surface area (Å²) >= 11 is 0. The van der Waals surface area contributed by atoms with Crippen LogP contribution in [0.1, 0.15) is 20.3 Å². The lowest BCUT2D eigenvalue weighted by Gasteiger charge is -2.15. The predicted molar refractivity (Wildman–Crippen MR) is 85.5 cm³/mol. The van der Waals surface area contributed by atoms with Crippen molar-refractivity contribution in [1.82, 2.24) is 5.32 Å². The summed E-state index contributed by atoms with van der Waals surface area (Å²) in [6.45, 7) is 4.85. The molecule has 0 aliphatic carbocycles. The zero-order valence-corrected chi connectivity index (χ0v) is 13.7. The number of carbonyl (C=O) groups is 1. The van der Waals surface area contributed by atoms with E-state index < -0.39 is 6.04 Å². The van der Waals surface area contributed by atoms with Crippen LogP contribution in [0, 0.1) is 5.92 Å². The minimum Gasteiger partial charge on any atom is -0.496 e. The smallest absolute Gasteiger partial charge is 0.237 e. The highest BCUT2D eigenvalue weighted by molar-refractivity contribution is 5.81. The van der Waals surface area contributed by atoms with Crippen molar-refractivity contribution in [2.45, 2.75) is 26.3 Å². The third kappa shape index (κ3) is 5.81. The van der Waals surface area contributed by atoms with E-state index in [4.69, 9.17) is 19.9 Å². The van der Waals surface area contributed by atoms with E-state index in [9.17, 15) is 4.79 Å². The second-order valence-corrected chi connectivity index (χ2v) is 5.31. The van der Waals surface area contributed by atoms with Crippen LogP contribution < -0.4 is 25.3 Å². The molecule has 1 aromatic carbocycles. The molecule has 1 amide bonds. The lowest BCUT2D eigenvalue weighted by Crippen LogP contribution is -2.44. The van der Waals surface area contributed by atoms with E-state index in [-0.39, 0.29) is 11.8 Å². The Morgan fingerprint density at radius 1 is 1.14 bits per heavy atom. The van der Waals surface area contributed by atoms with E-state index in [0.717, 1.165) is 0 Å². The summed E-state index contributed by atoms with van der Waals surface area (Å²) in [5.74, 6) is 2.01. The molecule has 0 bridgehead atoms. The van der Waals surface area contributed by atoms with Gasteiger partial charge in [-0.05, 0) is 12.3 Å². The van der Waals surface area contributed by atoms with Crippen molar-refractivity contribution < 1.29 is 19.0 Å². The third-order valence-electron chi connectivity index (χ3n) is 3.24. The van der Waals surface area contributed by atoms with Crippen LogP contribution in [0.2, 0.25) is 0 Å². The number of hydrogen-bond donors (Lipinski definition) is 2. The fourth-order valence-electron chi connectivity index (χ4n) is 1.76. The molecule has 0 radical (unpaired) electrons. The minimum atomic E-state index is -0.469. The van der Waals surface area contributed by atoms with E-state index in [1.165, 1.54) is 0 Å². The maximum atomic E-state index is 11.7. The van der Waals surface area contributed by atoms with Gasteiger partial charge in [-0.25, -0.2) is 0 Å². The summed E-state index contributed by atoms with van der Waals surface area (Å²) in [6.07, 6.45) is 0.691. The quantitative estimate of drug-likeness (QED) is 0.677. The van der Waals surface area contributed by atoms with Crippen LogP contribution in [-0.4, -0.2) is 39.3 Å². The molecule has 6 nitrogen and oxygen atoms in total. The Balaban J connectivity index is 2.34. The number of benzene rings is 1. The zero-order valence-electron chi connectivity index (χ0n) is 13.7. The summed E-state index contributed by atoms with van der Waals surface area (Å²) in [7, 11) is 3.18.